The van der Waals surface area contributed by atoms with Gasteiger partial charge in [-0.05, 0) is 24.6 Å². The van der Waals surface area contributed by atoms with Gasteiger partial charge in [0, 0.05) is 31.4 Å². The maximum Gasteiger partial charge on any atom is 0.411 e. The van der Waals surface area contributed by atoms with Gasteiger partial charge in [0.2, 0.25) is 5.43 Å². The van der Waals surface area contributed by atoms with Crippen LogP contribution in [0.4, 0.5) is 10.5 Å². The predicted molar refractivity (Wildman–Crippen MR) is 96.5 cm³/mol. The molecule has 1 amide bonds. The lowest BCUT2D eigenvalue weighted by molar-refractivity contribution is 0.168. The maximum absolute atomic E-state index is 12.2. The molecular formula is C18H19N5O3. The molecule has 0 atom stereocenters. The largest absolute Gasteiger partial charge is 0.450 e. The van der Waals surface area contributed by atoms with Gasteiger partial charge in [-0.15, -0.1) is 0 Å². The molecule has 0 saturated heterocycles. The highest BCUT2D eigenvalue weighted by atomic mass is 16.5. The Morgan fingerprint density at radius 1 is 1.31 bits per heavy atom. The summed E-state index contributed by atoms with van der Waals surface area (Å²) in [5.74, 6) is 0. The zero-order chi connectivity index (χ0) is 18.5. The minimum atomic E-state index is -0.513. The Hall–Kier alpha value is -3.42. The smallest absolute Gasteiger partial charge is 0.411 e. The van der Waals surface area contributed by atoms with Gasteiger partial charge in [0.1, 0.15) is 11.4 Å². The zero-order valence-electron chi connectivity index (χ0n) is 14.5. The number of nitrogens with zero attached hydrogens (tertiary/aromatic N) is 4. The molecule has 26 heavy (non-hydrogen) atoms. The lowest BCUT2D eigenvalue weighted by Crippen LogP contribution is -2.16. The van der Waals surface area contributed by atoms with E-state index in [1.165, 1.54) is 6.07 Å². The van der Waals surface area contributed by atoms with Crippen LogP contribution in [0.5, 0.6) is 0 Å². The molecule has 0 radical (unpaired) electrons. The summed E-state index contributed by atoms with van der Waals surface area (Å²) in [6.45, 7) is 2.04. The van der Waals surface area contributed by atoms with Crippen molar-refractivity contribution in [1.82, 2.24) is 19.6 Å². The molecule has 0 unspecified atom stereocenters. The average Bonchev–Trinajstić information content (AvgIpc) is 3.04. The first kappa shape index (κ1) is 17.4. The molecule has 0 bridgehead atoms. The Morgan fingerprint density at radius 3 is 2.88 bits per heavy atom. The quantitative estimate of drug-likeness (QED) is 0.759. The van der Waals surface area contributed by atoms with Crippen molar-refractivity contribution in [2.45, 2.75) is 13.3 Å². The fourth-order valence-electron chi connectivity index (χ4n) is 2.48. The van der Waals surface area contributed by atoms with Crippen molar-refractivity contribution >= 4 is 11.8 Å². The SMILES string of the molecule is CCOC(=O)Nc1cccc(Cc2nn(-c3cnn(C)c3)ccc2=O)c1. The molecule has 8 heteroatoms. The molecule has 0 aliphatic carbocycles. The molecule has 8 nitrogen and oxygen atoms in total. The van der Waals surface area contributed by atoms with Gasteiger partial charge < -0.3 is 4.74 Å². The summed E-state index contributed by atoms with van der Waals surface area (Å²) in [6, 6.07) is 8.71. The van der Waals surface area contributed by atoms with Crippen molar-refractivity contribution in [2.75, 3.05) is 11.9 Å². The number of ether oxygens (including phenoxy) is 1. The van der Waals surface area contributed by atoms with Crippen LogP contribution in [-0.4, -0.2) is 32.3 Å². The third-order valence-electron chi connectivity index (χ3n) is 3.66. The first-order valence-corrected chi connectivity index (χ1v) is 8.16. The minimum Gasteiger partial charge on any atom is -0.450 e. The summed E-state index contributed by atoms with van der Waals surface area (Å²) in [5.41, 5.74) is 2.49. The topological polar surface area (TPSA) is 91.0 Å². The van der Waals surface area contributed by atoms with E-state index in [2.05, 4.69) is 15.5 Å². The second-order valence-corrected chi connectivity index (χ2v) is 5.67. The monoisotopic (exact) mass is 353 g/mol. The average molecular weight is 353 g/mol. The summed E-state index contributed by atoms with van der Waals surface area (Å²) in [7, 11) is 1.81. The lowest BCUT2D eigenvalue weighted by atomic mass is 10.1. The van der Waals surface area contributed by atoms with Crippen molar-refractivity contribution in [1.29, 1.82) is 0 Å². The van der Waals surface area contributed by atoms with Crippen LogP contribution in [0.3, 0.4) is 0 Å². The fraction of sp³-hybridized carbons (Fsp3) is 0.222. The molecule has 0 saturated carbocycles. The van der Waals surface area contributed by atoms with Crippen molar-refractivity contribution in [3.8, 4) is 5.69 Å². The third-order valence-corrected chi connectivity index (χ3v) is 3.66. The van der Waals surface area contributed by atoms with Crippen molar-refractivity contribution < 1.29 is 9.53 Å². The van der Waals surface area contributed by atoms with Gasteiger partial charge in [-0.3, -0.25) is 14.8 Å². The summed E-state index contributed by atoms with van der Waals surface area (Å²) >= 11 is 0. The molecule has 134 valence electrons. The molecule has 0 spiro atoms. The highest BCUT2D eigenvalue weighted by Crippen LogP contribution is 2.13. The number of rotatable bonds is 5. The number of benzene rings is 1. The van der Waals surface area contributed by atoms with Gasteiger partial charge in [-0.1, -0.05) is 12.1 Å². The van der Waals surface area contributed by atoms with E-state index in [0.29, 0.717) is 24.4 Å². The fourth-order valence-corrected chi connectivity index (χ4v) is 2.48. The number of amides is 1. The molecule has 2 aromatic heterocycles. The normalized spacial score (nSPS) is 10.5. The van der Waals surface area contributed by atoms with Gasteiger partial charge in [-0.2, -0.15) is 10.2 Å². The Kier molecular flexibility index (Phi) is 5.12. The minimum absolute atomic E-state index is 0.145. The first-order valence-electron chi connectivity index (χ1n) is 8.16. The molecule has 0 aliphatic heterocycles. The second kappa shape index (κ2) is 7.64. The maximum atomic E-state index is 12.2. The molecule has 3 aromatic rings. The van der Waals surface area contributed by atoms with Gasteiger partial charge >= 0.3 is 6.09 Å². The van der Waals surface area contributed by atoms with E-state index in [0.717, 1.165) is 11.3 Å². The molecule has 1 N–H and O–H groups in total. The predicted octanol–water partition coefficient (Wildman–Crippen LogP) is 2.13. The van der Waals surface area contributed by atoms with Crippen LogP contribution in [-0.2, 0) is 18.2 Å². The Balaban J connectivity index is 1.82. The summed E-state index contributed by atoms with van der Waals surface area (Å²) in [5, 5.41) is 11.2. The number of aromatic nitrogens is 4. The van der Waals surface area contributed by atoms with Crippen LogP contribution in [0.1, 0.15) is 18.2 Å². The van der Waals surface area contributed by atoms with Gasteiger partial charge in [0.05, 0.1) is 19.0 Å². The van der Waals surface area contributed by atoms with Gasteiger partial charge in [0.25, 0.3) is 0 Å². The molecule has 0 aliphatic rings. The van der Waals surface area contributed by atoms with E-state index >= 15 is 0 Å². The lowest BCUT2D eigenvalue weighted by Gasteiger charge is -2.08. The van der Waals surface area contributed by atoms with Crippen LogP contribution in [0, 0.1) is 0 Å². The van der Waals surface area contributed by atoms with Crippen LogP contribution < -0.4 is 10.7 Å². The summed E-state index contributed by atoms with van der Waals surface area (Å²) in [6.07, 6.45) is 4.93. The van der Waals surface area contributed by atoms with Crippen LogP contribution in [0.15, 0.2) is 53.7 Å². The first-order chi connectivity index (χ1) is 12.5. The van der Waals surface area contributed by atoms with E-state index in [1.54, 1.807) is 46.9 Å². The number of hydrogen-bond donors (Lipinski definition) is 1. The van der Waals surface area contributed by atoms with E-state index in [-0.39, 0.29) is 5.43 Å². The van der Waals surface area contributed by atoms with Crippen LogP contribution >= 0.6 is 0 Å². The molecular weight excluding hydrogens is 334 g/mol. The standard InChI is InChI=1S/C18H19N5O3/c1-3-26-18(25)20-14-6-4-5-13(9-14)10-16-17(24)7-8-23(21-16)15-11-19-22(2)12-15/h4-9,11-12H,3,10H2,1-2H3,(H,20,25). The molecule has 1 aromatic carbocycles. The number of carbonyl (C=O) groups excluding carboxylic acids is 1. The van der Waals surface area contributed by atoms with Crippen LogP contribution in [0.2, 0.25) is 0 Å². The highest BCUT2D eigenvalue weighted by molar-refractivity contribution is 5.84. The zero-order valence-corrected chi connectivity index (χ0v) is 14.5. The van der Waals surface area contributed by atoms with Gasteiger partial charge in [0.15, 0.2) is 0 Å². The molecule has 0 fully saturated rings. The Morgan fingerprint density at radius 2 is 2.15 bits per heavy atom. The molecule has 3 rings (SSSR count). The molecule has 2 heterocycles. The van der Waals surface area contributed by atoms with Gasteiger partial charge in [-0.25, -0.2) is 9.48 Å². The van der Waals surface area contributed by atoms with E-state index in [1.807, 2.05) is 19.3 Å². The number of hydrogen-bond acceptors (Lipinski definition) is 5. The Bertz CT molecular complexity index is 977. The van der Waals surface area contributed by atoms with Crippen LogP contribution in [0.25, 0.3) is 5.69 Å². The van der Waals surface area contributed by atoms with E-state index in [9.17, 15) is 9.59 Å². The summed E-state index contributed by atoms with van der Waals surface area (Å²) in [4.78, 5) is 23.7. The van der Waals surface area contributed by atoms with Crippen molar-refractivity contribution in [3.05, 3.63) is 70.4 Å². The Labute approximate surface area is 150 Å². The summed E-state index contributed by atoms with van der Waals surface area (Å²) < 4.78 is 8.15. The second-order valence-electron chi connectivity index (χ2n) is 5.67. The highest BCUT2D eigenvalue weighted by Gasteiger charge is 2.08. The van der Waals surface area contributed by atoms with E-state index in [4.69, 9.17) is 4.74 Å². The number of aryl methyl sites for hydroxylation is 1. The third kappa shape index (κ3) is 4.15. The number of anilines is 1. The number of carbonyl (C=O) groups is 1. The number of nitrogens with one attached hydrogen (secondary N) is 1. The van der Waals surface area contributed by atoms with Crippen molar-refractivity contribution in [2.24, 2.45) is 7.05 Å². The van der Waals surface area contributed by atoms with Crippen molar-refractivity contribution in [3.63, 3.8) is 0 Å². The van der Waals surface area contributed by atoms with E-state index < -0.39 is 6.09 Å².